The van der Waals surface area contributed by atoms with Crippen molar-refractivity contribution < 1.29 is 9.47 Å². The molecule has 1 N–H and O–H groups in total. The van der Waals surface area contributed by atoms with E-state index in [0.717, 1.165) is 30.0 Å². The average molecular weight is 301 g/mol. The monoisotopic (exact) mass is 301 g/mol. The van der Waals surface area contributed by atoms with Crippen LogP contribution in [0.4, 0.5) is 0 Å². The molecule has 5 heteroatoms. The summed E-state index contributed by atoms with van der Waals surface area (Å²) >= 11 is 0. The highest BCUT2D eigenvalue weighted by atomic mass is 16.5. The van der Waals surface area contributed by atoms with Gasteiger partial charge in [0.25, 0.3) is 0 Å². The van der Waals surface area contributed by atoms with Crippen molar-refractivity contribution in [1.29, 1.82) is 0 Å². The second-order valence-corrected chi connectivity index (χ2v) is 5.67. The van der Waals surface area contributed by atoms with Crippen molar-refractivity contribution in [3.05, 3.63) is 47.3 Å². The Kier molecular flexibility index (Phi) is 4.75. The number of aromatic nitrogens is 2. The Bertz CT molecular complexity index is 607. The number of benzene rings is 1. The van der Waals surface area contributed by atoms with E-state index in [1.54, 1.807) is 7.11 Å². The lowest BCUT2D eigenvalue weighted by molar-refractivity contribution is 0.104. The minimum absolute atomic E-state index is 0.528. The van der Waals surface area contributed by atoms with Crippen LogP contribution in [-0.4, -0.2) is 30.0 Å². The molecule has 0 bridgehead atoms. The topological polar surface area (TPSA) is 48.3 Å². The fraction of sp³-hybridized carbons (Fsp3) is 0.471. The highest BCUT2D eigenvalue weighted by molar-refractivity contribution is 5.26. The van der Waals surface area contributed by atoms with Crippen LogP contribution in [0.15, 0.2) is 30.3 Å². The van der Waals surface area contributed by atoms with E-state index in [-0.39, 0.29) is 0 Å². The number of hydrogen-bond donors (Lipinski definition) is 1. The summed E-state index contributed by atoms with van der Waals surface area (Å²) in [6, 6.07) is 10.6. The number of rotatable bonds is 6. The van der Waals surface area contributed by atoms with Crippen molar-refractivity contribution in [2.75, 3.05) is 14.2 Å². The Morgan fingerprint density at radius 3 is 2.82 bits per heavy atom. The second-order valence-electron chi connectivity index (χ2n) is 5.67. The normalized spacial score (nSPS) is 17.3. The van der Waals surface area contributed by atoms with Gasteiger partial charge in [0, 0.05) is 11.7 Å². The van der Waals surface area contributed by atoms with Crippen LogP contribution < -0.4 is 10.1 Å². The smallest absolute Gasteiger partial charge is 0.118 e. The first-order valence-corrected chi connectivity index (χ1v) is 7.72. The Labute approximate surface area is 131 Å². The average Bonchev–Trinajstić information content (AvgIpc) is 2.97. The molecule has 3 rings (SSSR count). The third kappa shape index (κ3) is 3.48. The molecule has 22 heavy (non-hydrogen) atoms. The minimum Gasteiger partial charge on any atom is -0.497 e. The van der Waals surface area contributed by atoms with Gasteiger partial charge in [-0.3, -0.25) is 4.68 Å². The van der Waals surface area contributed by atoms with E-state index in [9.17, 15) is 0 Å². The van der Waals surface area contributed by atoms with E-state index in [1.807, 2.05) is 31.3 Å². The standard InChI is InChI=1S/C17H23N3O2/c1-18-14-5-6-16-9-15(19-20(16)10-14)12-22-11-13-3-7-17(21-2)8-4-13/h3-4,7-9,14,18H,5-6,10-12H2,1-2H3. The quantitative estimate of drug-likeness (QED) is 0.888. The zero-order chi connectivity index (χ0) is 15.4. The van der Waals surface area contributed by atoms with E-state index >= 15 is 0 Å². The van der Waals surface area contributed by atoms with Gasteiger partial charge in [0.05, 0.1) is 32.6 Å². The van der Waals surface area contributed by atoms with Crippen LogP contribution >= 0.6 is 0 Å². The molecule has 0 saturated carbocycles. The molecule has 0 saturated heterocycles. The maximum atomic E-state index is 5.78. The van der Waals surface area contributed by atoms with Crippen molar-refractivity contribution in [2.24, 2.45) is 0 Å². The molecule has 1 aliphatic heterocycles. The molecule has 0 spiro atoms. The predicted molar refractivity (Wildman–Crippen MR) is 84.9 cm³/mol. The molecule has 0 aliphatic carbocycles. The SMILES string of the molecule is CNC1CCc2cc(COCc3ccc(OC)cc3)nn2C1. The van der Waals surface area contributed by atoms with Gasteiger partial charge in [-0.25, -0.2) is 0 Å². The molecule has 1 unspecified atom stereocenters. The van der Waals surface area contributed by atoms with Crippen molar-refractivity contribution in [2.45, 2.75) is 38.6 Å². The van der Waals surface area contributed by atoms with Crippen LogP contribution in [0.3, 0.4) is 0 Å². The highest BCUT2D eigenvalue weighted by Crippen LogP contribution is 2.17. The molecular weight excluding hydrogens is 278 g/mol. The van der Waals surface area contributed by atoms with E-state index in [1.165, 1.54) is 12.1 Å². The molecule has 1 aromatic carbocycles. The van der Waals surface area contributed by atoms with Crippen LogP contribution in [-0.2, 0) is 30.9 Å². The summed E-state index contributed by atoms with van der Waals surface area (Å²) in [4.78, 5) is 0. The van der Waals surface area contributed by atoms with Gasteiger partial charge in [0.1, 0.15) is 5.75 Å². The van der Waals surface area contributed by atoms with Crippen LogP contribution in [0.1, 0.15) is 23.4 Å². The lowest BCUT2D eigenvalue weighted by Gasteiger charge is -2.22. The number of aryl methyl sites for hydroxylation is 1. The van der Waals surface area contributed by atoms with Gasteiger partial charge in [0.2, 0.25) is 0 Å². The Balaban J connectivity index is 1.52. The van der Waals surface area contributed by atoms with E-state index < -0.39 is 0 Å². The highest BCUT2D eigenvalue weighted by Gasteiger charge is 2.18. The summed E-state index contributed by atoms with van der Waals surface area (Å²) in [6.07, 6.45) is 2.26. The number of hydrogen-bond acceptors (Lipinski definition) is 4. The molecule has 1 atom stereocenters. The van der Waals surface area contributed by atoms with E-state index in [0.29, 0.717) is 19.3 Å². The van der Waals surface area contributed by atoms with Crippen molar-refractivity contribution >= 4 is 0 Å². The number of likely N-dealkylation sites (N-methyl/N-ethyl adjacent to an activating group) is 1. The molecule has 2 aromatic rings. The van der Waals surface area contributed by atoms with Crippen molar-refractivity contribution in [3.63, 3.8) is 0 Å². The van der Waals surface area contributed by atoms with Crippen LogP contribution in [0, 0.1) is 0 Å². The third-order valence-corrected chi connectivity index (χ3v) is 4.14. The molecule has 1 aliphatic rings. The van der Waals surface area contributed by atoms with E-state index in [4.69, 9.17) is 9.47 Å². The number of ether oxygens (including phenoxy) is 2. The molecule has 1 aromatic heterocycles. The van der Waals surface area contributed by atoms with Crippen molar-refractivity contribution in [3.8, 4) is 5.75 Å². The van der Waals surface area contributed by atoms with Crippen LogP contribution in [0.5, 0.6) is 5.75 Å². The number of fused-ring (bicyclic) bond motifs is 1. The lowest BCUT2D eigenvalue weighted by atomic mass is 10.1. The first-order valence-electron chi connectivity index (χ1n) is 7.72. The zero-order valence-corrected chi connectivity index (χ0v) is 13.2. The fourth-order valence-corrected chi connectivity index (χ4v) is 2.80. The van der Waals surface area contributed by atoms with E-state index in [2.05, 4.69) is 21.2 Å². The summed E-state index contributed by atoms with van der Waals surface area (Å²) in [6.45, 7) is 2.09. The first-order chi connectivity index (χ1) is 10.8. The summed E-state index contributed by atoms with van der Waals surface area (Å²) in [5.74, 6) is 0.865. The van der Waals surface area contributed by atoms with Gasteiger partial charge in [-0.05, 0) is 43.7 Å². The maximum Gasteiger partial charge on any atom is 0.118 e. The van der Waals surface area contributed by atoms with Crippen LogP contribution in [0.25, 0.3) is 0 Å². The van der Waals surface area contributed by atoms with Gasteiger partial charge in [-0.2, -0.15) is 5.10 Å². The third-order valence-electron chi connectivity index (χ3n) is 4.14. The number of methoxy groups -OCH3 is 1. The molecule has 5 nitrogen and oxygen atoms in total. The molecule has 118 valence electrons. The minimum atomic E-state index is 0.528. The van der Waals surface area contributed by atoms with Gasteiger partial charge < -0.3 is 14.8 Å². The Morgan fingerprint density at radius 1 is 1.27 bits per heavy atom. The van der Waals surface area contributed by atoms with Gasteiger partial charge in [-0.15, -0.1) is 0 Å². The Morgan fingerprint density at radius 2 is 2.09 bits per heavy atom. The molecule has 2 heterocycles. The second kappa shape index (κ2) is 6.94. The lowest BCUT2D eigenvalue weighted by Crippen LogP contribution is -2.35. The fourth-order valence-electron chi connectivity index (χ4n) is 2.80. The summed E-state index contributed by atoms with van der Waals surface area (Å²) in [5.41, 5.74) is 3.47. The van der Waals surface area contributed by atoms with Gasteiger partial charge in [-0.1, -0.05) is 12.1 Å². The predicted octanol–water partition coefficient (Wildman–Crippen LogP) is 2.14. The maximum absolute atomic E-state index is 5.78. The molecule has 0 radical (unpaired) electrons. The summed E-state index contributed by atoms with van der Waals surface area (Å²) in [5, 5.41) is 7.96. The summed E-state index contributed by atoms with van der Waals surface area (Å²) in [7, 11) is 3.68. The van der Waals surface area contributed by atoms with Gasteiger partial charge in [0.15, 0.2) is 0 Å². The van der Waals surface area contributed by atoms with Crippen molar-refractivity contribution in [1.82, 2.24) is 15.1 Å². The first kappa shape index (κ1) is 15.1. The van der Waals surface area contributed by atoms with Gasteiger partial charge >= 0.3 is 0 Å². The summed E-state index contributed by atoms with van der Waals surface area (Å²) < 4.78 is 13.0. The number of nitrogens with one attached hydrogen (secondary N) is 1. The largest absolute Gasteiger partial charge is 0.497 e. The molecule has 0 fully saturated rings. The zero-order valence-electron chi connectivity index (χ0n) is 13.2. The van der Waals surface area contributed by atoms with Crippen LogP contribution in [0.2, 0.25) is 0 Å². The Hall–Kier alpha value is -1.85. The molecular formula is C17H23N3O2. The number of nitrogens with zero attached hydrogens (tertiary/aromatic N) is 2. The molecule has 0 amide bonds.